The number of benzene rings is 2. The van der Waals surface area contributed by atoms with E-state index in [1.807, 2.05) is 37.3 Å². The summed E-state index contributed by atoms with van der Waals surface area (Å²) < 4.78 is 26.8. The molecule has 5 nitrogen and oxygen atoms in total. The molecule has 0 bridgehead atoms. The van der Waals surface area contributed by atoms with Crippen molar-refractivity contribution in [1.29, 1.82) is 0 Å². The van der Waals surface area contributed by atoms with Gasteiger partial charge in [0.1, 0.15) is 16.9 Å². The second-order valence-electron chi connectivity index (χ2n) is 6.56. The number of anilines is 1. The number of amidine groups is 1. The van der Waals surface area contributed by atoms with Crippen molar-refractivity contribution >= 4 is 40.1 Å². The summed E-state index contributed by atoms with van der Waals surface area (Å²) in [5.74, 6) is -2.29. The molecule has 1 saturated heterocycles. The molecule has 1 heterocycles. The monoisotopic (exact) mass is 417 g/mol. The normalized spacial score (nSPS) is 17.8. The van der Waals surface area contributed by atoms with E-state index in [4.69, 9.17) is 0 Å². The summed E-state index contributed by atoms with van der Waals surface area (Å²) in [7, 11) is 0. The van der Waals surface area contributed by atoms with Gasteiger partial charge < -0.3 is 5.32 Å². The zero-order valence-corrected chi connectivity index (χ0v) is 16.7. The number of para-hydroxylation sites is 1. The van der Waals surface area contributed by atoms with Crippen LogP contribution in [0.4, 0.5) is 20.2 Å². The number of hydrogen-bond acceptors (Lipinski definition) is 4. The largest absolute Gasteiger partial charge is 0.324 e. The molecule has 2 aromatic carbocycles. The van der Waals surface area contributed by atoms with Crippen molar-refractivity contribution in [3.63, 3.8) is 0 Å². The molecule has 1 aliphatic heterocycles. The highest BCUT2D eigenvalue weighted by molar-refractivity contribution is 8.15. The summed E-state index contributed by atoms with van der Waals surface area (Å²) in [4.78, 5) is 31.3. The number of carbonyl (C=O) groups is 2. The Hall–Kier alpha value is -2.74. The molecule has 1 N–H and O–H groups in total. The van der Waals surface area contributed by atoms with Gasteiger partial charge in [0, 0.05) is 19.0 Å². The SMILES string of the molecule is CCCCN1C(=O)C(CC(=O)Nc2ccc(F)cc2F)SC1=Nc1ccccc1. The van der Waals surface area contributed by atoms with Gasteiger partial charge in [-0.25, -0.2) is 13.8 Å². The molecular formula is C21H21F2N3O2S. The van der Waals surface area contributed by atoms with Crippen LogP contribution in [0, 0.1) is 11.6 Å². The van der Waals surface area contributed by atoms with Crippen molar-refractivity contribution < 1.29 is 18.4 Å². The van der Waals surface area contributed by atoms with Gasteiger partial charge in [0.05, 0.1) is 11.4 Å². The molecule has 1 unspecified atom stereocenters. The molecule has 0 radical (unpaired) electrons. The number of aliphatic imine (C=N–C) groups is 1. The molecule has 0 aliphatic carbocycles. The zero-order valence-electron chi connectivity index (χ0n) is 15.9. The second kappa shape index (κ2) is 9.65. The smallest absolute Gasteiger partial charge is 0.242 e. The molecule has 2 aromatic rings. The van der Waals surface area contributed by atoms with Crippen LogP contribution in [-0.4, -0.2) is 33.7 Å². The molecule has 3 rings (SSSR count). The van der Waals surface area contributed by atoms with Crippen LogP contribution in [-0.2, 0) is 9.59 Å². The van der Waals surface area contributed by atoms with E-state index in [2.05, 4.69) is 10.3 Å². The highest BCUT2D eigenvalue weighted by Gasteiger charge is 2.38. The number of nitrogens with one attached hydrogen (secondary N) is 1. The third kappa shape index (κ3) is 5.41. The van der Waals surface area contributed by atoms with Crippen LogP contribution in [0.25, 0.3) is 0 Å². The lowest BCUT2D eigenvalue weighted by molar-refractivity contribution is -0.128. The minimum Gasteiger partial charge on any atom is -0.324 e. The third-order valence-electron chi connectivity index (χ3n) is 4.31. The summed E-state index contributed by atoms with van der Waals surface area (Å²) in [6.07, 6.45) is 1.61. The fourth-order valence-electron chi connectivity index (χ4n) is 2.82. The molecule has 0 saturated carbocycles. The summed E-state index contributed by atoms with van der Waals surface area (Å²) in [5, 5.41) is 2.32. The average molecular weight is 417 g/mol. The van der Waals surface area contributed by atoms with E-state index in [9.17, 15) is 18.4 Å². The van der Waals surface area contributed by atoms with Crippen LogP contribution < -0.4 is 5.32 Å². The van der Waals surface area contributed by atoms with Crippen molar-refractivity contribution in [2.75, 3.05) is 11.9 Å². The first-order chi connectivity index (χ1) is 14.0. The van der Waals surface area contributed by atoms with Crippen LogP contribution in [0.1, 0.15) is 26.2 Å². The number of amides is 2. The van der Waals surface area contributed by atoms with Crippen molar-refractivity contribution in [2.24, 2.45) is 4.99 Å². The summed E-state index contributed by atoms with van der Waals surface area (Å²) in [6, 6.07) is 12.2. The van der Waals surface area contributed by atoms with Crippen molar-refractivity contribution in [3.05, 3.63) is 60.2 Å². The van der Waals surface area contributed by atoms with Crippen LogP contribution in [0.15, 0.2) is 53.5 Å². The van der Waals surface area contributed by atoms with Gasteiger partial charge in [-0.3, -0.25) is 14.5 Å². The maximum absolute atomic E-state index is 13.8. The zero-order chi connectivity index (χ0) is 20.8. The predicted molar refractivity (Wildman–Crippen MR) is 111 cm³/mol. The van der Waals surface area contributed by atoms with Gasteiger partial charge >= 0.3 is 0 Å². The quantitative estimate of drug-likeness (QED) is 0.709. The molecular weight excluding hydrogens is 396 g/mol. The highest BCUT2D eigenvalue weighted by Crippen LogP contribution is 2.32. The summed E-state index contributed by atoms with van der Waals surface area (Å²) in [5.41, 5.74) is 0.607. The Morgan fingerprint density at radius 2 is 1.97 bits per heavy atom. The maximum atomic E-state index is 13.8. The van der Waals surface area contributed by atoms with E-state index in [1.165, 1.54) is 11.8 Å². The standard InChI is InChI=1S/C21H21F2N3O2S/c1-2-3-11-26-20(28)18(29-21(26)24-15-7-5-4-6-8-15)13-19(27)25-17-10-9-14(22)12-16(17)23/h4-10,12,18H,2-3,11,13H2,1H3,(H,25,27). The van der Waals surface area contributed by atoms with E-state index in [1.54, 1.807) is 4.90 Å². The van der Waals surface area contributed by atoms with Gasteiger partial charge in [-0.15, -0.1) is 0 Å². The van der Waals surface area contributed by atoms with Gasteiger partial charge in [0.15, 0.2) is 5.17 Å². The molecule has 29 heavy (non-hydrogen) atoms. The van der Waals surface area contributed by atoms with Crippen molar-refractivity contribution in [3.8, 4) is 0 Å². The van der Waals surface area contributed by atoms with E-state index in [-0.39, 0.29) is 18.0 Å². The Bertz CT molecular complexity index is 921. The second-order valence-corrected chi connectivity index (χ2v) is 7.73. The minimum atomic E-state index is -0.861. The topological polar surface area (TPSA) is 61.8 Å². The first kappa shape index (κ1) is 21.0. The number of halogens is 2. The van der Waals surface area contributed by atoms with Crippen LogP contribution in [0.5, 0.6) is 0 Å². The fourth-order valence-corrected chi connectivity index (χ4v) is 4.00. The van der Waals surface area contributed by atoms with E-state index in [0.717, 1.165) is 30.7 Å². The lowest BCUT2D eigenvalue weighted by atomic mass is 10.2. The van der Waals surface area contributed by atoms with E-state index >= 15 is 0 Å². The first-order valence-corrected chi connectivity index (χ1v) is 10.2. The number of thioether (sulfide) groups is 1. The Balaban J connectivity index is 1.72. The van der Waals surface area contributed by atoms with Gasteiger partial charge in [-0.05, 0) is 30.7 Å². The van der Waals surface area contributed by atoms with Crippen molar-refractivity contribution in [1.82, 2.24) is 4.90 Å². The molecule has 8 heteroatoms. The molecule has 1 fully saturated rings. The van der Waals surface area contributed by atoms with Gasteiger partial charge in [-0.2, -0.15) is 0 Å². The molecule has 2 amide bonds. The van der Waals surface area contributed by atoms with E-state index < -0.39 is 22.8 Å². The Labute approximate surface area is 172 Å². The highest BCUT2D eigenvalue weighted by atomic mass is 32.2. The number of hydrogen-bond donors (Lipinski definition) is 1. The van der Waals surface area contributed by atoms with Crippen LogP contribution in [0.3, 0.4) is 0 Å². The molecule has 1 aliphatic rings. The molecule has 152 valence electrons. The minimum absolute atomic E-state index is 0.118. The summed E-state index contributed by atoms with van der Waals surface area (Å²) >= 11 is 1.23. The number of rotatable bonds is 7. The van der Waals surface area contributed by atoms with Crippen LogP contribution >= 0.6 is 11.8 Å². The summed E-state index contributed by atoms with van der Waals surface area (Å²) in [6.45, 7) is 2.56. The molecule has 0 spiro atoms. The number of unbranched alkanes of at least 4 members (excludes halogenated alkanes) is 1. The first-order valence-electron chi connectivity index (χ1n) is 9.34. The third-order valence-corrected chi connectivity index (χ3v) is 5.49. The molecule has 0 aromatic heterocycles. The number of carbonyl (C=O) groups excluding carboxylic acids is 2. The number of nitrogens with zero attached hydrogens (tertiary/aromatic N) is 2. The van der Waals surface area contributed by atoms with Gasteiger partial charge in [0.2, 0.25) is 11.8 Å². The Morgan fingerprint density at radius 1 is 1.21 bits per heavy atom. The molecule has 1 atom stereocenters. The van der Waals surface area contributed by atoms with Crippen molar-refractivity contribution in [2.45, 2.75) is 31.4 Å². The lowest BCUT2D eigenvalue weighted by Crippen LogP contribution is -2.34. The van der Waals surface area contributed by atoms with Gasteiger partial charge in [0.25, 0.3) is 0 Å². The fraction of sp³-hybridized carbons (Fsp3) is 0.286. The predicted octanol–water partition coefficient (Wildman–Crippen LogP) is 4.73. The Morgan fingerprint density at radius 3 is 2.66 bits per heavy atom. The average Bonchev–Trinajstić information content (AvgIpc) is 2.97. The van der Waals surface area contributed by atoms with Crippen LogP contribution in [0.2, 0.25) is 0 Å². The van der Waals surface area contributed by atoms with E-state index in [0.29, 0.717) is 17.8 Å². The van der Waals surface area contributed by atoms with Gasteiger partial charge in [-0.1, -0.05) is 43.3 Å². The maximum Gasteiger partial charge on any atom is 0.242 e. The lowest BCUT2D eigenvalue weighted by Gasteiger charge is -2.15. The Kier molecular flexibility index (Phi) is 6.98.